The van der Waals surface area contributed by atoms with Crippen molar-refractivity contribution >= 4 is 34.3 Å². The molecule has 7 nitrogen and oxygen atoms in total. The molecule has 0 bridgehead atoms. The molecule has 1 aromatic carbocycles. The van der Waals surface area contributed by atoms with Gasteiger partial charge in [-0.1, -0.05) is 6.58 Å². The minimum Gasteiger partial charge on any atom is -0.370 e. The molecule has 0 saturated heterocycles. The predicted molar refractivity (Wildman–Crippen MR) is 83.3 cm³/mol. The highest BCUT2D eigenvalue weighted by atomic mass is 16.2. The minimum absolute atomic E-state index is 0.0781. The second-order valence-corrected chi connectivity index (χ2v) is 4.63. The van der Waals surface area contributed by atoms with Crippen LogP contribution in [0.5, 0.6) is 0 Å². The van der Waals surface area contributed by atoms with Crippen molar-refractivity contribution in [1.29, 1.82) is 0 Å². The van der Waals surface area contributed by atoms with Gasteiger partial charge in [-0.15, -0.1) is 0 Å². The van der Waals surface area contributed by atoms with Crippen LogP contribution in [0.3, 0.4) is 0 Å². The number of rotatable bonds is 6. The minimum atomic E-state index is -0.478. The third-order valence-electron chi connectivity index (χ3n) is 3.04. The number of nitrogens with one attached hydrogen (secondary N) is 3. The van der Waals surface area contributed by atoms with Crippen molar-refractivity contribution in [3.05, 3.63) is 42.6 Å². The number of amides is 3. The van der Waals surface area contributed by atoms with Crippen molar-refractivity contribution in [3.8, 4) is 0 Å². The molecule has 114 valence electrons. The maximum atomic E-state index is 12.1. The molecule has 0 aliphatic heterocycles. The summed E-state index contributed by atoms with van der Waals surface area (Å²) in [6.07, 6.45) is 2.82. The van der Waals surface area contributed by atoms with Gasteiger partial charge in [0.15, 0.2) is 0 Å². The number of nitrogens with two attached hydrogens (primary N) is 1. The molecule has 22 heavy (non-hydrogen) atoms. The molecule has 0 aliphatic rings. The van der Waals surface area contributed by atoms with E-state index >= 15 is 0 Å². The molecule has 7 heteroatoms. The molecule has 0 fully saturated rings. The number of carbonyl (C=O) groups excluding carboxylic acids is 3. The highest BCUT2D eigenvalue weighted by molar-refractivity contribution is 6.08. The lowest BCUT2D eigenvalue weighted by atomic mass is 10.1. The topological polar surface area (TPSA) is 117 Å². The number of hydrogen-bond donors (Lipinski definition) is 4. The van der Waals surface area contributed by atoms with E-state index in [4.69, 9.17) is 5.73 Å². The molecule has 0 atom stereocenters. The van der Waals surface area contributed by atoms with E-state index in [9.17, 15) is 14.4 Å². The number of aromatic nitrogens is 1. The van der Waals surface area contributed by atoms with Crippen LogP contribution in [0.15, 0.2) is 37.1 Å². The molecule has 0 radical (unpaired) electrons. The maximum Gasteiger partial charge on any atom is 0.253 e. The fourth-order valence-corrected chi connectivity index (χ4v) is 1.97. The normalized spacial score (nSPS) is 10.2. The lowest BCUT2D eigenvalue weighted by molar-refractivity contribution is -0.118. The van der Waals surface area contributed by atoms with Crippen LogP contribution in [0.1, 0.15) is 16.8 Å². The Balaban J connectivity index is 2.20. The first-order valence-corrected chi connectivity index (χ1v) is 6.62. The van der Waals surface area contributed by atoms with Crippen LogP contribution >= 0.6 is 0 Å². The fraction of sp³-hybridized carbons (Fsp3) is 0.133. The van der Waals surface area contributed by atoms with Gasteiger partial charge in [0, 0.05) is 35.8 Å². The monoisotopic (exact) mass is 300 g/mol. The molecule has 0 unspecified atom stereocenters. The lowest BCUT2D eigenvalue weighted by Gasteiger charge is -2.05. The van der Waals surface area contributed by atoms with Crippen LogP contribution in [0, 0.1) is 0 Å². The highest BCUT2D eigenvalue weighted by Crippen LogP contribution is 2.22. The number of aromatic amines is 1. The molecule has 0 saturated carbocycles. The average Bonchev–Trinajstić information content (AvgIpc) is 2.89. The molecule has 5 N–H and O–H groups in total. The number of benzene rings is 1. The summed E-state index contributed by atoms with van der Waals surface area (Å²) in [5.41, 5.74) is 6.77. The Hall–Kier alpha value is -3.09. The maximum absolute atomic E-state index is 12.1. The molecule has 1 heterocycles. The van der Waals surface area contributed by atoms with E-state index in [1.165, 1.54) is 6.08 Å². The fourth-order valence-electron chi connectivity index (χ4n) is 1.97. The Morgan fingerprint density at radius 3 is 2.77 bits per heavy atom. The number of primary amides is 1. The van der Waals surface area contributed by atoms with Gasteiger partial charge in [0.25, 0.3) is 5.91 Å². The molecular formula is C15H16N4O3. The summed E-state index contributed by atoms with van der Waals surface area (Å²) in [5, 5.41) is 5.92. The smallest absolute Gasteiger partial charge is 0.253 e. The van der Waals surface area contributed by atoms with Crippen LogP contribution in [0.4, 0.5) is 5.69 Å². The van der Waals surface area contributed by atoms with Crippen molar-refractivity contribution in [3.63, 3.8) is 0 Å². The van der Waals surface area contributed by atoms with E-state index in [2.05, 4.69) is 22.2 Å². The molecule has 3 amide bonds. The molecular weight excluding hydrogens is 284 g/mol. The molecule has 0 spiro atoms. The quantitative estimate of drug-likeness (QED) is 0.594. The van der Waals surface area contributed by atoms with Gasteiger partial charge in [-0.2, -0.15) is 0 Å². The van der Waals surface area contributed by atoms with Gasteiger partial charge < -0.3 is 21.4 Å². The van der Waals surface area contributed by atoms with Crippen LogP contribution in [0.25, 0.3) is 10.9 Å². The third kappa shape index (κ3) is 3.51. The first-order chi connectivity index (χ1) is 10.5. The zero-order valence-electron chi connectivity index (χ0n) is 11.8. The van der Waals surface area contributed by atoms with Crippen LogP contribution in [-0.4, -0.2) is 29.3 Å². The van der Waals surface area contributed by atoms with Crippen molar-refractivity contribution in [2.24, 2.45) is 5.73 Å². The largest absolute Gasteiger partial charge is 0.370 e. The van der Waals surface area contributed by atoms with Crippen LogP contribution in [0.2, 0.25) is 0 Å². The SMILES string of the molecule is C=CC(=O)Nc1ccc2[nH]cc(C(=O)NCCC(N)=O)c2c1. The Morgan fingerprint density at radius 2 is 2.09 bits per heavy atom. The number of fused-ring (bicyclic) bond motifs is 1. The van der Waals surface area contributed by atoms with Gasteiger partial charge in [0.05, 0.1) is 5.56 Å². The summed E-state index contributed by atoms with van der Waals surface area (Å²) < 4.78 is 0. The summed E-state index contributed by atoms with van der Waals surface area (Å²) in [6.45, 7) is 3.56. The zero-order valence-corrected chi connectivity index (χ0v) is 11.8. The van der Waals surface area contributed by atoms with Gasteiger partial charge in [-0.05, 0) is 24.3 Å². The molecule has 2 rings (SSSR count). The molecule has 1 aromatic heterocycles. The van der Waals surface area contributed by atoms with E-state index in [0.29, 0.717) is 16.6 Å². The second-order valence-electron chi connectivity index (χ2n) is 4.63. The van der Waals surface area contributed by atoms with Gasteiger partial charge >= 0.3 is 0 Å². The summed E-state index contributed by atoms with van der Waals surface area (Å²) in [4.78, 5) is 37.1. The number of hydrogen-bond acceptors (Lipinski definition) is 3. The van der Waals surface area contributed by atoms with Gasteiger partial charge in [0.1, 0.15) is 0 Å². The van der Waals surface area contributed by atoms with Crippen LogP contribution < -0.4 is 16.4 Å². The van der Waals surface area contributed by atoms with Crippen molar-refractivity contribution in [2.75, 3.05) is 11.9 Å². The summed E-state index contributed by atoms with van der Waals surface area (Å²) in [7, 11) is 0. The number of H-pyrrole nitrogens is 1. The van der Waals surface area contributed by atoms with Gasteiger partial charge in [0.2, 0.25) is 11.8 Å². The van der Waals surface area contributed by atoms with Crippen LogP contribution in [-0.2, 0) is 9.59 Å². The highest BCUT2D eigenvalue weighted by Gasteiger charge is 2.12. The second kappa shape index (κ2) is 6.57. The Labute approximate surface area is 126 Å². The van der Waals surface area contributed by atoms with Gasteiger partial charge in [-0.3, -0.25) is 14.4 Å². The average molecular weight is 300 g/mol. The summed E-state index contributed by atoms with van der Waals surface area (Å²) >= 11 is 0. The Kier molecular flexibility index (Phi) is 4.57. The standard InChI is InChI=1S/C15H16N4O3/c1-2-14(21)19-9-3-4-12-10(7-9)11(8-18-12)15(22)17-6-5-13(16)20/h2-4,7-8,18H,1,5-6H2,(H2,16,20)(H,17,22)(H,19,21). The van der Waals surface area contributed by atoms with E-state index in [1.807, 2.05) is 0 Å². The van der Waals surface area contributed by atoms with E-state index < -0.39 is 5.91 Å². The van der Waals surface area contributed by atoms with E-state index in [-0.39, 0.29) is 24.8 Å². The Morgan fingerprint density at radius 1 is 1.32 bits per heavy atom. The third-order valence-corrected chi connectivity index (χ3v) is 3.04. The van der Waals surface area contributed by atoms with E-state index in [1.54, 1.807) is 24.4 Å². The molecule has 0 aliphatic carbocycles. The number of carbonyl (C=O) groups is 3. The van der Waals surface area contributed by atoms with Crippen molar-refractivity contribution in [1.82, 2.24) is 10.3 Å². The van der Waals surface area contributed by atoms with Crippen molar-refractivity contribution in [2.45, 2.75) is 6.42 Å². The van der Waals surface area contributed by atoms with Gasteiger partial charge in [-0.25, -0.2) is 0 Å². The molecule has 2 aromatic rings. The first kappa shape index (κ1) is 15.3. The summed E-state index contributed by atoms with van der Waals surface area (Å²) in [5.74, 6) is -1.13. The van der Waals surface area contributed by atoms with E-state index in [0.717, 1.165) is 5.52 Å². The van der Waals surface area contributed by atoms with Crippen molar-refractivity contribution < 1.29 is 14.4 Å². The Bertz CT molecular complexity index is 748. The zero-order chi connectivity index (χ0) is 16.1. The first-order valence-electron chi connectivity index (χ1n) is 6.62. The summed E-state index contributed by atoms with van der Waals surface area (Å²) in [6, 6.07) is 5.17. The lowest BCUT2D eigenvalue weighted by Crippen LogP contribution is -2.27. The number of anilines is 1. The predicted octanol–water partition coefficient (Wildman–Crippen LogP) is 0.898.